The van der Waals surface area contributed by atoms with E-state index in [1.165, 1.54) is 0 Å². The number of hydrogen-bond donors (Lipinski definition) is 1. The monoisotopic (exact) mass is 724 g/mol. The van der Waals surface area contributed by atoms with Crippen LogP contribution in [0.1, 0.15) is 81.5 Å². The van der Waals surface area contributed by atoms with Gasteiger partial charge >= 0.3 is 0 Å². The van der Waals surface area contributed by atoms with E-state index in [0.29, 0.717) is 46.5 Å². The standard InChI is InChI=1S/C41H45BrN2O5/c1-24-13-14-29(25(2)15-24)43-35(47)23-49-39-28(42)16-27(17-34(39)48-7)36-37-30(18-40(3,4)20-32(37)45)44(22-26-11-9-8-10-12-26)31-19-41(5,6)21-33(46)38(31)36/h8-17,36H,18-23H2,1-7H3,(H,43,47). The Bertz CT molecular complexity index is 1850. The number of carbonyl (C=O) groups excluding carboxylic acids is 3. The number of hydrogen-bond acceptors (Lipinski definition) is 6. The van der Waals surface area contributed by atoms with Gasteiger partial charge in [-0.25, -0.2) is 0 Å². The van der Waals surface area contributed by atoms with Crippen molar-refractivity contribution in [1.82, 2.24) is 4.90 Å². The second-order valence-electron chi connectivity index (χ2n) is 15.3. The SMILES string of the molecule is COc1cc(C2C3=C(CC(C)(C)CC3=O)N(Cc3ccccc3)C3=C2C(=O)CC(C)(C)C3)cc(Br)c1OCC(=O)Nc1ccc(C)cc1C. The molecule has 1 amide bonds. The van der Waals surface area contributed by atoms with E-state index in [0.717, 1.165) is 52.2 Å². The maximum atomic E-state index is 14.3. The molecule has 7 nitrogen and oxygen atoms in total. The molecule has 0 radical (unpaired) electrons. The highest BCUT2D eigenvalue weighted by atomic mass is 79.9. The van der Waals surface area contributed by atoms with Crippen LogP contribution in [0.2, 0.25) is 0 Å². The lowest BCUT2D eigenvalue weighted by Crippen LogP contribution is -2.44. The second-order valence-corrected chi connectivity index (χ2v) is 16.2. The fourth-order valence-electron chi connectivity index (χ4n) is 7.66. The summed E-state index contributed by atoms with van der Waals surface area (Å²) in [5, 5.41) is 2.92. The first-order chi connectivity index (χ1) is 23.2. The van der Waals surface area contributed by atoms with Gasteiger partial charge in [0.05, 0.1) is 11.6 Å². The molecule has 256 valence electrons. The highest BCUT2D eigenvalue weighted by Gasteiger charge is 2.49. The van der Waals surface area contributed by atoms with Crippen LogP contribution in [0.4, 0.5) is 5.69 Å². The van der Waals surface area contributed by atoms with E-state index in [2.05, 4.69) is 66.0 Å². The van der Waals surface area contributed by atoms with E-state index in [1.807, 2.05) is 62.4 Å². The Hall–Kier alpha value is -4.17. The average molecular weight is 726 g/mol. The second kappa shape index (κ2) is 13.3. The number of amides is 1. The van der Waals surface area contributed by atoms with Gasteiger partial charge < -0.3 is 19.7 Å². The summed E-state index contributed by atoms with van der Waals surface area (Å²) in [6.45, 7) is 12.9. The first-order valence-corrected chi connectivity index (χ1v) is 17.7. The quantitative estimate of drug-likeness (QED) is 0.250. The zero-order valence-electron chi connectivity index (χ0n) is 29.5. The molecule has 2 aliphatic carbocycles. The molecule has 0 saturated heterocycles. The van der Waals surface area contributed by atoms with Crippen LogP contribution in [-0.2, 0) is 20.9 Å². The predicted molar refractivity (Wildman–Crippen MR) is 196 cm³/mol. The molecule has 0 saturated carbocycles. The molecule has 0 spiro atoms. The number of halogens is 1. The largest absolute Gasteiger partial charge is 0.493 e. The Kier molecular flexibility index (Phi) is 9.40. The topological polar surface area (TPSA) is 84.9 Å². The Morgan fingerprint density at radius 3 is 2.06 bits per heavy atom. The van der Waals surface area contributed by atoms with Gasteiger partial charge in [0.1, 0.15) is 0 Å². The summed E-state index contributed by atoms with van der Waals surface area (Å²) in [5.74, 6) is 0.0717. The molecule has 1 heterocycles. The molecule has 0 bridgehead atoms. The van der Waals surface area contributed by atoms with Crippen molar-refractivity contribution >= 4 is 39.1 Å². The minimum atomic E-state index is -0.545. The molecule has 49 heavy (non-hydrogen) atoms. The van der Waals surface area contributed by atoms with Crippen molar-refractivity contribution in [2.75, 3.05) is 19.0 Å². The molecule has 0 fully saturated rings. The first kappa shape index (κ1) is 34.7. The van der Waals surface area contributed by atoms with Gasteiger partial charge in [0, 0.05) is 53.5 Å². The molecular weight excluding hydrogens is 680 g/mol. The van der Waals surface area contributed by atoms with Gasteiger partial charge in [-0.3, -0.25) is 14.4 Å². The highest BCUT2D eigenvalue weighted by Crippen LogP contribution is 2.55. The number of methoxy groups -OCH3 is 1. The summed E-state index contributed by atoms with van der Waals surface area (Å²) < 4.78 is 12.4. The summed E-state index contributed by atoms with van der Waals surface area (Å²) in [4.78, 5) is 43.8. The van der Waals surface area contributed by atoms with Gasteiger partial charge in [-0.15, -0.1) is 0 Å². The third-order valence-corrected chi connectivity index (χ3v) is 10.4. The minimum Gasteiger partial charge on any atom is -0.493 e. The maximum absolute atomic E-state index is 14.3. The smallest absolute Gasteiger partial charge is 0.262 e. The predicted octanol–water partition coefficient (Wildman–Crippen LogP) is 8.98. The molecule has 0 unspecified atom stereocenters. The number of carbonyl (C=O) groups is 3. The molecule has 3 aliphatic rings. The number of aryl methyl sites for hydroxylation is 2. The molecule has 8 heteroatoms. The number of ether oxygens (including phenoxy) is 2. The Labute approximate surface area is 297 Å². The van der Waals surface area contributed by atoms with E-state index < -0.39 is 5.92 Å². The van der Waals surface area contributed by atoms with Crippen LogP contribution in [0.25, 0.3) is 0 Å². The number of anilines is 1. The van der Waals surface area contributed by atoms with Crippen LogP contribution in [-0.4, -0.2) is 36.1 Å². The van der Waals surface area contributed by atoms with Crippen molar-refractivity contribution < 1.29 is 23.9 Å². The molecular formula is C41H45BrN2O5. The summed E-state index contributed by atoms with van der Waals surface area (Å²) >= 11 is 3.69. The fraction of sp³-hybridized carbons (Fsp3) is 0.390. The van der Waals surface area contributed by atoms with Gasteiger partial charge in [0.2, 0.25) is 0 Å². The van der Waals surface area contributed by atoms with Crippen LogP contribution < -0.4 is 14.8 Å². The van der Waals surface area contributed by atoms with Gasteiger partial charge in [-0.05, 0) is 88.3 Å². The van der Waals surface area contributed by atoms with Gasteiger partial charge in [-0.2, -0.15) is 0 Å². The third-order valence-electron chi connectivity index (χ3n) is 9.79. The van der Waals surface area contributed by atoms with E-state index in [1.54, 1.807) is 7.11 Å². The molecule has 3 aromatic rings. The van der Waals surface area contributed by atoms with E-state index in [-0.39, 0.29) is 34.9 Å². The van der Waals surface area contributed by atoms with Crippen LogP contribution in [0.15, 0.2) is 87.7 Å². The number of nitrogens with one attached hydrogen (secondary N) is 1. The lowest BCUT2D eigenvalue weighted by molar-refractivity contribution is -0.120. The average Bonchev–Trinajstić information content (AvgIpc) is 3.01. The molecule has 1 N–H and O–H groups in total. The molecule has 6 rings (SSSR count). The fourth-order valence-corrected chi connectivity index (χ4v) is 8.24. The molecule has 3 aromatic carbocycles. The summed E-state index contributed by atoms with van der Waals surface area (Å²) in [6, 6.07) is 19.9. The summed E-state index contributed by atoms with van der Waals surface area (Å²) in [6.07, 6.45) is 2.24. The third kappa shape index (κ3) is 7.11. The minimum absolute atomic E-state index is 0.0666. The zero-order chi connectivity index (χ0) is 35.2. The van der Waals surface area contributed by atoms with Crippen LogP contribution in [0, 0.1) is 24.7 Å². The van der Waals surface area contributed by atoms with Crippen molar-refractivity contribution in [3.63, 3.8) is 0 Å². The Morgan fingerprint density at radius 2 is 1.49 bits per heavy atom. The normalized spacial score (nSPS) is 18.7. The number of nitrogens with zero attached hydrogens (tertiary/aromatic N) is 1. The summed E-state index contributed by atoms with van der Waals surface area (Å²) in [7, 11) is 1.55. The zero-order valence-corrected chi connectivity index (χ0v) is 31.0. The highest BCUT2D eigenvalue weighted by molar-refractivity contribution is 9.10. The number of ketones is 2. The van der Waals surface area contributed by atoms with E-state index in [4.69, 9.17) is 9.47 Å². The van der Waals surface area contributed by atoms with Crippen molar-refractivity contribution in [2.24, 2.45) is 10.8 Å². The maximum Gasteiger partial charge on any atom is 0.262 e. The number of Topliss-reactive ketones (excluding diaryl/α,β-unsaturated/α-hetero) is 2. The van der Waals surface area contributed by atoms with Crippen molar-refractivity contribution in [3.05, 3.63) is 110 Å². The Morgan fingerprint density at radius 1 is 0.878 bits per heavy atom. The van der Waals surface area contributed by atoms with Crippen LogP contribution >= 0.6 is 15.9 Å². The Balaban J connectivity index is 1.42. The first-order valence-electron chi connectivity index (χ1n) is 16.9. The number of rotatable bonds is 8. The van der Waals surface area contributed by atoms with Crippen LogP contribution in [0.3, 0.4) is 0 Å². The number of benzene rings is 3. The number of allylic oxidation sites excluding steroid dienone is 4. The van der Waals surface area contributed by atoms with Gasteiger partial charge in [0.15, 0.2) is 29.7 Å². The van der Waals surface area contributed by atoms with Crippen molar-refractivity contribution in [1.29, 1.82) is 0 Å². The van der Waals surface area contributed by atoms with Gasteiger partial charge in [0.25, 0.3) is 5.91 Å². The van der Waals surface area contributed by atoms with E-state index >= 15 is 0 Å². The lowest BCUT2D eigenvalue weighted by atomic mass is 9.63. The molecule has 0 aromatic heterocycles. The lowest BCUT2D eigenvalue weighted by Gasteiger charge is -2.49. The van der Waals surface area contributed by atoms with Crippen molar-refractivity contribution in [2.45, 2.75) is 79.7 Å². The van der Waals surface area contributed by atoms with Crippen LogP contribution in [0.5, 0.6) is 11.5 Å². The molecule has 0 atom stereocenters. The van der Waals surface area contributed by atoms with Crippen molar-refractivity contribution in [3.8, 4) is 11.5 Å². The van der Waals surface area contributed by atoms with E-state index in [9.17, 15) is 14.4 Å². The summed E-state index contributed by atoms with van der Waals surface area (Å²) in [5.41, 5.74) is 7.64. The molecule has 1 aliphatic heterocycles. The van der Waals surface area contributed by atoms with Gasteiger partial charge in [-0.1, -0.05) is 75.7 Å².